The first kappa shape index (κ1) is 26.9. The molecule has 0 fully saturated rings. The van der Waals surface area contributed by atoms with Gasteiger partial charge in [-0.1, -0.05) is 124 Å². The van der Waals surface area contributed by atoms with Gasteiger partial charge in [-0.3, -0.25) is 0 Å². The summed E-state index contributed by atoms with van der Waals surface area (Å²) in [6.07, 6.45) is 22.2. The molecule has 1 N–H and O–H groups in total. The zero-order chi connectivity index (χ0) is 22.1. The van der Waals surface area contributed by atoms with E-state index in [0.717, 1.165) is 24.3 Å². The monoisotopic (exact) mass is 418 g/mol. The molecule has 0 aliphatic heterocycles. The van der Waals surface area contributed by atoms with Gasteiger partial charge in [0.25, 0.3) is 0 Å². The van der Waals surface area contributed by atoms with Crippen LogP contribution in [0, 0.1) is 0 Å². The number of benzene rings is 1. The molecule has 0 saturated heterocycles. The van der Waals surface area contributed by atoms with Crippen LogP contribution in [0.1, 0.15) is 136 Å². The summed E-state index contributed by atoms with van der Waals surface area (Å²) in [4.78, 5) is 0. The minimum Gasteiger partial charge on any atom is -0.508 e. The van der Waals surface area contributed by atoms with E-state index in [1.54, 1.807) is 6.07 Å². The highest BCUT2D eigenvalue weighted by Gasteiger charge is 2.19. The second-order valence-corrected chi connectivity index (χ2v) is 10.1. The van der Waals surface area contributed by atoms with Gasteiger partial charge in [0, 0.05) is 5.56 Å². The number of unbranched alkanes of at least 4 members (excludes halogenated alkanes) is 15. The molecule has 1 aromatic carbocycles. The van der Waals surface area contributed by atoms with Gasteiger partial charge in [-0.25, -0.2) is 0 Å². The van der Waals surface area contributed by atoms with Gasteiger partial charge < -0.3 is 9.84 Å². The second-order valence-electron chi connectivity index (χ2n) is 10.1. The van der Waals surface area contributed by atoms with Crippen molar-refractivity contribution in [1.82, 2.24) is 0 Å². The topological polar surface area (TPSA) is 29.5 Å². The van der Waals surface area contributed by atoms with Crippen LogP contribution in [0.4, 0.5) is 0 Å². The number of aromatic hydroxyl groups is 1. The molecule has 2 heteroatoms. The van der Waals surface area contributed by atoms with E-state index < -0.39 is 0 Å². The number of phenols is 1. The maximum atomic E-state index is 9.77. The molecule has 30 heavy (non-hydrogen) atoms. The third-order valence-corrected chi connectivity index (χ3v) is 6.03. The summed E-state index contributed by atoms with van der Waals surface area (Å²) in [6.45, 7) is 9.53. The molecule has 0 aliphatic carbocycles. The van der Waals surface area contributed by atoms with Crippen molar-refractivity contribution in [3.05, 3.63) is 23.8 Å². The van der Waals surface area contributed by atoms with E-state index in [0.29, 0.717) is 5.75 Å². The normalized spacial score (nSPS) is 11.7. The fourth-order valence-corrected chi connectivity index (χ4v) is 4.06. The van der Waals surface area contributed by atoms with Gasteiger partial charge in [0.1, 0.15) is 11.5 Å². The number of hydrogen-bond donors (Lipinski definition) is 1. The third-order valence-electron chi connectivity index (χ3n) is 6.03. The standard InChI is InChI=1S/C28H50O2/c1-5-6-7-8-9-10-11-12-13-14-15-16-17-18-19-20-23-30-27-22-21-25(29)24-26(27)28(2,3)4/h21-22,24,29H,5-20,23H2,1-4H3. The molecule has 0 radical (unpaired) electrons. The fraction of sp³-hybridized carbons (Fsp3) is 0.786. The van der Waals surface area contributed by atoms with E-state index in [-0.39, 0.29) is 5.41 Å². The highest BCUT2D eigenvalue weighted by atomic mass is 16.5. The van der Waals surface area contributed by atoms with E-state index in [1.807, 2.05) is 12.1 Å². The van der Waals surface area contributed by atoms with Crippen LogP contribution in [0.2, 0.25) is 0 Å². The van der Waals surface area contributed by atoms with Crippen LogP contribution in [0.15, 0.2) is 18.2 Å². The molecule has 0 saturated carbocycles. The summed E-state index contributed by atoms with van der Waals surface area (Å²) in [5.74, 6) is 1.23. The highest BCUT2D eigenvalue weighted by Crippen LogP contribution is 2.34. The van der Waals surface area contributed by atoms with Crippen LogP contribution in [-0.2, 0) is 5.41 Å². The summed E-state index contributed by atoms with van der Waals surface area (Å²) < 4.78 is 6.03. The smallest absolute Gasteiger partial charge is 0.123 e. The Bertz CT molecular complexity index is 530. The van der Waals surface area contributed by atoms with Gasteiger partial charge >= 0.3 is 0 Å². The lowest BCUT2D eigenvalue weighted by Crippen LogP contribution is -2.13. The van der Waals surface area contributed by atoms with Crippen LogP contribution in [0.25, 0.3) is 0 Å². The average molecular weight is 419 g/mol. The van der Waals surface area contributed by atoms with E-state index in [1.165, 1.54) is 96.3 Å². The Labute approximate surface area is 187 Å². The molecular weight excluding hydrogens is 368 g/mol. The van der Waals surface area contributed by atoms with Crippen molar-refractivity contribution in [2.75, 3.05) is 6.61 Å². The zero-order valence-electron chi connectivity index (χ0n) is 20.6. The Morgan fingerprint density at radius 3 is 1.53 bits per heavy atom. The molecule has 0 spiro atoms. The lowest BCUT2D eigenvalue weighted by atomic mass is 9.86. The summed E-state index contributed by atoms with van der Waals surface area (Å²) in [5, 5.41) is 9.77. The summed E-state index contributed by atoms with van der Waals surface area (Å²) in [7, 11) is 0. The largest absolute Gasteiger partial charge is 0.508 e. The van der Waals surface area contributed by atoms with Crippen LogP contribution in [0.5, 0.6) is 11.5 Å². The number of ether oxygens (including phenoxy) is 1. The van der Waals surface area contributed by atoms with Crippen molar-refractivity contribution in [3.63, 3.8) is 0 Å². The lowest BCUT2D eigenvalue weighted by Gasteiger charge is -2.23. The van der Waals surface area contributed by atoms with Gasteiger partial charge in [0.05, 0.1) is 6.61 Å². The molecular formula is C28H50O2. The molecule has 174 valence electrons. The third kappa shape index (κ3) is 13.2. The summed E-state index contributed by atoms with van der Waals surface area (Å²) in [5.41, 5.74) is 1.06. The number of rotatable bonds is 18. The van der Waals surface area contributed by atoms with E-state index in [2.05, 4.69) is 27.7 Å². The molecule has 0 heterocycles. The zero-order valence-corrected chi connectivity index (χ0v) is 20.6. The van der Waals surface area contributed by atoms with Crippen LogP contribution >= 0.6 is 0 Å². The molecule has 0 atom stereocenters. The van der Waals surface area contributed by atoms with Crippen molar-refractivity contribution in [1.29, 1.82) is 0 Å². The maximum absolute atomic E-state index is 9.77. The summed E-state index contributed by atoms with van der Waals surface area (Å²) in [6, 6.07) is 5.46. The van der Waals surface area contributed by atoms with E-state index in [9.17, 15) is 5.11 Å². The van der Waals surface area contributed by atoms with Crippen LogP contribution in [0.3, 0.4) is 0 Å². The number of hydrogen-bond acceptors (Lipinski definition) is 2. The minimum absolute atomic E-state index is 0.0251. The second kappa shape index (κ2) is 16.5. The van der Waals surface area contributed by atoms with Crippen LogP contribution in [-0.4, -0.2) is 11.7 Å². The Balaban J connectivity index is 1.93. The Morgan fingerprint density at radius 1 is 0.667 bits per heavy atom. The fourth-order valence-electron chi connectivity index (χ4n) is 4.06. The maximum Gasteiger partial charge on any atom is 0.123 e. The molecule has 1 aromatic rings. The van der Waals surface area contributed by atoms with Gasteiger partial charge in [0.2, 0.25) is 0 Å². The lowest BCUT2D eigenvalue weighted by molar-refractivity contribution is 0.295. The van der Waals surface area contributed by atoms with E-state index in [4.69, 9.17) is 4.74 Å². The predicted molar refractivity (Wildman–Crippen MR) is 132 cm³/mol. The van der Waals surface area contributed by atoms with Crippen molar-refractivity contribution in [3.8, 4) is 11.5 Å². The molecule has 0 bridgehead atoms. The molecule has 0 aliphatic rings. The van der Waals surface area contributed by atoms with Crippen molar-refractivity contribution < 1.29 is 9.84 Å². The van der Waals surface area contributed by atoms with Crippen molar-refractivity contribution >= 4 is 0 Å². The van der Waals surface area contributed by atoms with Gasteiger partial charge in [0.15, 0.2) is 0 Å². The van der Waals surface area contributed by atoms with E-state index >= 15 is 0 Å². The SMILES string of the molecule is CCCCCCCCCCCCCCCCCCOc1ccc(O)cc1C(C)(C)C. The predicted octanol–water partition coefficient (Wildman–Crippen LogP) is 9.33. The molecule has 1 rings (SSSR count). The van der Waals surface area contributed by atoms with Crippen molar-refractivity contribution in [2.24, 2.45) is 0 Å². The first-order valence-electron chi connectivity index (χ1n) is 12.9. The van der Waals surface area contributed by atoms with Gasteiger partial charge in [-0.15, -0.1) is 0 Å². The van der Waals surface area contributed by atoms with Gasteiger partial charge in [-0.05, 0) is 30.0 Å². The van der Waals surface area contributed by atoms with Crippen LogP contribution < -0.4 is 4.74 Å². The quantitative estimate of drug-likeness (QED) is 0.241. The average Bonchev–Trinajstić information content (AvgIpc) is 2.70. The molecule has 0 aromatic heterocycles. The first-order chi connectivity index (χ1) is 14.4. The summed E-state index contributed by atoms with van der Waals surface area (Å²) >= 11 is 0. The van der Waals surface area contributed by atoms with Crippen molar-refractivity contribution in [2.45, 2.75) is 136 Å². The molecule has 0 unspecified atom stereocenters. The first-order valence-corrected chi connectivity index (χ1v) is 12.9. The Hall–Kier alpha value is -1.18. The van der Waals surface area contributed by atoms with Gasteiger partial charge in [-0.2, -0.15) is 0 Å². The highest BCUT2D eigenvalue weighted by molar-refractivity contribution is 5.43. The number of phenolic OH excluding ortho intramolecular Hbond substituents is 1. The molecule has 0 amide bonds. The Morgan fingerprint density at radius 2 is 1.10 bits per heavy atom. The molecule has 2 nitrogen and oxygen atoms in total. The minimum atomic E-state index is -0.0251. The Kier molecular flexibility index (Phi) is 14.8.